The lowest BCUT2D eigenvalue weighted by molar-refractivity contribution is -0.00650. The molecule has 0 radical (unpaired) electrons. The Morgan fingerprint density at radius 1 is 0.464 bits per heavy atom. The average Bonchev–Trinajstić information content (AvgIpc) is 2.77. The molecule has 3 rings (SSSR count). The smallest absolute Gasteiger partial charge is 0.0629 e. The van der Waals surface area contributed by atoms with Gasteiger partial charge in [0.15, 0.2) is 0 Å². The Hall–Kier alpha value is -2.50. The molecule has 0 spiro atoms. The highest BCUT2D eigenvalue weighted by Gasteiger charge is 2.34. The molecule has 0 aromatic heterocycles. The summed E-state index contributed by atoms with van der Waals surface area (Å²) >= 11 is 0. The van der Waals surface area contributed by atoms with Crippen LogP contribution in [-0.2, 0) is 0 Å². The van der Waals surface area contributed by atoms with E-state index in [0.29, 0.717) is 0 Å². The number of hydrogen-bond acceptors (Lipinski definition) is 4. The molecule has 4 heteroatoms. The maximum Gasteiger partial charge on any atom is 0.0629 e. The van der Waals surface area contributed by atoms with E-state index in [-0.39, 0.29) is 37.9 Å². The fraction of sp³-hybridized carbons (Fsp3) is 0.250. The number of benzene rings is 3. The van der Waals surface area contributed by atoms with E-state index >= 15 is 0 Å². The Kier molecular flexibility index (Phi) is 7.34. The van der Waals surface area contributed by atoms with Crippen molar-refractivity contribution < 1.29 is 15.3 Å². The van der Waals surface area contributed by atoms with Gasteiger partial charge in [0.05, 0.1) is 37.9 Å². The minimum atomic E-state index is -0.379. The first kappa shape index (κ1) is 20.2. The van der Waals surface area contributed by atoms with Crippen LogP contribution in [0.25, 0.3) is 0 Å². The van der Waals surface area contributed by atoms with Crippen molar-refractivity contribution in [3.63, 3.8) is 0 Å². The Balaban J connectivity index is 2.11. The molecule has 0 aliphatic heterocycles. The van der Waals surface area contributed by atoms with Crippen LogP contribution in [-0.4, -0.2) is 40.0 Å². The minimum Gasteiger partial charge on any atom is -0.394 e. The first-order valence-corrected chi connectivity index (χ1v) is 9.55. The molecular formula is C24H27NO3. The second-order valence-electron chi connectivity index (χ2n) is 6.77. The summed E-state index contributed by atoms with van der Waals surface area (Å²) in [4.78, 5) is 2.03. The number of aliphatic hydroxyl groups excluding tert-OH is 3. The third-order valence-electron chi connectivity index (χ3n) is 5.15. The van der Waals surface area contributed by atoms with Crippen molar-refractivity contribution in [2.75, 3.05) is 19.8 Å². The molecule has 0 heterocycles. The standard InChI is InChI=1S/C24H27NO3/c26-16-22(19-10-4-1-5-11-19)25(23(17-27)20-12-6-2-7-13-20)24(18-28)21-14-8-3-9-15-21/h1-15,22-24,26-28H,16-18H2/t22-,23-,24-/m0/s1. The van der Waals surface area contributed by atoms with Crippen molar-refractivity contribution in [3.8, 4) is 0 Å². The molecule has 146 valence electrons. The van der Waals surface area contributed by atoms with Crippen LogP contribution in [0.1, 0.15) is 34.8 Å². The maximum absolute atomic E-state index is 10.3. The maximum atomic E-state index is 10.3. The van der Waals surface area contributed by atoms with Gasteiger partial charge in [0.25, 0.3) is 0 Å². The highest BCUT2D eigenvalue weighted by Crippen LogP contribution is 2.38. The summed E-state index contributed by atoms with van der Waals surface area (Å²) < 4.78 is 0. The van der Waals surface area contributed by atoms with E-state index in [9.17, 15) is 15.3 Å². The molecule has 3 N–H and O–H groups in total. The van der Waals surface area contributed by atoms with E-state index in [1.54, 1.807) is 0 Å². The number of nitrogens with zero attached hydrogens (tertiary/aromatic N) is 1. The van der Waals surface area contributed by atoms with Gasteiger partial charge >= 0.3 is 0 Å². The molecule has 0 fully saturated rings. The largest absolute Gasteiger partial charge is 0.394 e. The topological polar surface area (TPSA) is 63.9 Å². The number of rotatable bonds is 9. The monoisotopic (exact) mass is 377 g/mol. The van der Waals surface area contributed by atoms with Gasteiger partial charge in [-0.15, -0.1) is 0 Å². The molecule has 28 heavy (non-hydrogen) atoms. The van der Waals surface area contributed by atoms with E-state index in [2.05, 4.69) is 0 Å². The SMILES string of the molecule is OC[C@@H](c1ccccc1)N([C@@H](CO)c1ccccc1)[C@@H](CO)c1ccccc1. The highest BCUT2D eigenvalue weighted by atomic mass is 16.3. The third kappa shape index (κ3) is 4.49. The fourth-order valence-electron chi connectivity index (χ4n) is 3.79. The molecule has 0 unspecified atom stereocenters. The summed E-state index contributed by atoms with van der Waals surface area (Å²) in [5.41, 5.74) is 2.82. The van der Waals surface area contributed by atoms with Crippen molar-refractivity contribution in [2.45, 2.75) is 18.1 Å². The quantitative estimate of drug-likeness (QED) is 0.534. The molecule has 3 aromatic rings. The van der Waals surface area contributed by atoms with Gasteiger partial charge in [-0.25, -0.2) is 0 Å². The van der Waals surface area contributed by atoms with Gasteiger partial charge < -0.3 is 15.3 Å². The summed E-state index contributed by atoms with van der Waals surface area (Å²) in [6.45, 7) is -0.385. The van der Waals surface area contributed by atoms with Crippen LogP contribution in [0.4, 0.5) is 0 Å². The van der Waals surface area contributed by atoms with Crippen LogP contribution in [0, 0.1) is 0 Å². The summed E-state index contributed by atoms with van der Waals surface area (Å²) in [7, 11) is 0. The van der Waals surface area contributed by atoms with Crippen molar-refractivity contribution >= 4 is 0 Å². The first-order chi connectivity index (χ1) is 13.8. The molecule has 0 bridgehead atoms. The van der Waals surface area contributed by atoms with Crippen molar-refractivity contribution in [1.82, 2.24) is 4.90 Å². The zero-order valence-electron chi connectivity index (χ0n) is 15.8. The Labute approximate surface area is 166 Å². The van der Waals surface area contributed by atoms with Crippen LogP contribution in [0.5, 0.6) is 0 Å². The van der Waals surface area contributed by atoms with Crippen LogP contribution < -0.4 is 0 Å². The zero-order valence-corrected chi connectivity index (χ0v) is 15.8. The molecule has 3 aromatic carbocycles. The molecule has 0 aliphatic rings. The van der Waals surface area contributed by atoms with E-state index in [0.717, 1.165) is 16.7 Å². The Morgan fingerprint density at radius 3 is 0.929 bits per heavy atom. The average molecular weight is 377 g/mol. The first-order valence-electron chi connectivity index (χ1n) is 9.55. The van der Waals surface area contributed by atoms with E-state index in [1.807, 2.05) is 95.9 Å². The minimum absolute atomic E-state index is 0.128. The van der Waals surface area contributed by atoms with Gasteiger partial charge in [-0.05, 0) is 16.7 Å². The normalized spacial score (nSPS) is 14.6. The molecular weight excluding hydrogens is 350 g/mol. The Morgan fingerprint density at radius 2 is 0.714 bits per heavy atom. The lowest BCUT2D eigenvalue weighted by Crippen LogP contribution is -2.41. The van der Waals surface area contributed by atoms with E-state index in [4.69, 9.17) is 0 Å². The number of hydrogen-bond donors (Lipinski definition) is 3. The van der Waals surface area contributed by atoms with Gasteiger partial charge in [-0.3, -0.25) is 4.90 Å². The predicted molar refractivity (Wildman–Crippen MR) is 111 cm³/mol. The van der Waals surface area contributed by atoms with Gasteiger partial charge in [0.2, 0.25) is 0 Å². The van der Waals surface area contributed by atoms with Crippen molar-refractivity contribution in [2.24, 2.45) is 0 Å². The highest BCUT2D eigenvalue weighted by molar-refractivity contribution is 5.27. The van der Waals surface area contributed by atoms with Crippen LogP contribution >= 0.6 is 0 Å². The third-order valence-corrected chi connectivity index (χ3v) is 5.15. The van der Waals surface area contributed by atoms with Crippen molar-refractivity contribution in [3.05, 3.63) is 108 Å². The predicted octanol–water partition coefficient (Wildman–Crippen LogP) is 3.49. The van der Waals surface area contributed by atoms with Crippen molar-refractivity contribution in [1.29, 1.82) is 0 Å². The molecule has 0 saturated carbocycles. The summed E-state index contributed by atoms with van der Waals surface area (Å²) in [5, 5.41) is 31.0. The molecule has 0 saturated heterocycles. The summed E-state index contributed by atoms with van der Waals surface area (Å²) in [6, 6.07) is 28.1. The van der Waals surface area contributed by atoms with Crippen LogP contribution in [0.15, 0.2) is 91.0 Å². The van der Waals surface area contributed by atoms with E-state index in [1.165, 1.54) is 0 Å². The van der Waals surface area contributed by atoms with Gasteiger partial charge in [0, 0.05) is 0 Å². The van der Waals surface area contributed by atoms with Gasteiger partial charge in [-0.2, -0.15) is 0 Å². The van der Waals surface area contributed by atoms with Gasteiger partial charge in [-0.1, -0.05) is 91.0 Å². The van der Waals surface area contributed by atoms with Crippen LogP contribution in [0.3, 0.4) is 0 Å². The lowest BCUT2D eigenvalue weighted by Gasteiger charge is -2.42. The molecule has 3 atom stereocenters. The molecule has 0 aliphatic carbocycles. The molecule has 0 amide bonds. The molecule has 4 nitrogen and oxygen atoms in total. The second-order valence-corrected chi connectivity index (χ2v) is 6.77. The number of aliphatic hydroxyl groups is 3. The fourth-order valence-corrected chi connectivity index (χ4v) is 3.79. The van der Waals surface area contributed by atoms with Gasteiger partial charge in [0.1, 0.15) is 0 Å². The Bertz CT molecular complexity index is 698. The summed E-state index contributed by atoms with van der Waals surface area (Å²) in [6.07, 6.45) is 0. The second kappa shape index (κ2) is 10.2. The van der Waals surface area contributed by atoms with E-state index < -0.39 is 0 Å². The van der Waals surface area contributed by atoms with Crippen LogP contribution in [0.2, 0.25) is 0 Å². The summed E-state index contributed by atoms with van der Waals surface area (Å²) in [5.74, 6) is 0. The zero-order chi connectivity index (χ0) is 19.8. The lowest BCUT2D eigenvalue weighted by atomic mass is 9.94.